The predicted molar refractivity (Wildman–Crippen MR) is 90.5 cm³/mol. The molecule has 150 valence electrons. The van der Waals surface area contributed by atoms with Gasteiger partial charge in [-0.25, -0.2) is 9.59 Å². The molecule has 0 fully saturated rings. The first-order valence-corrected chi connectivity index (χ1v) is 7.90. The molecule has 1 aromatic carbocycles. The Bertz CT molecular complexity index is 687. The summed E-state index contributed by atoms with van der Waals surface area (Å²) in [6, 6.07) is 3.68. The monoisotopic (exact) mass is 390 g/mol. The molecule has 7 nitrogen and oxygen atoms in total. The molecule has 10 heteroatoms. The average molecular weight is 390 g/mol. The fourth-order valence-electron chi connectivity index (χ4n) is 2.08. The molecule has 1 rings (SSSR count). The van der Waals surface area contributed by atoms with Crippen LogP contribution in [-0.4, -0.2) is 50.3 Å². The van der Waals surface area contributed by atoms with Gasteiger partial charge >= 0.3 is 18.1 Å². The third-order valence-electron chi connectivity index (χ3n) is 4.03. The third kappa shape index (κ3) is 5.68. The van der Waals surface area contributed by atoms with E-state index in [0.717, 1.165) is 21.1 Å². The van der Waals surface area contributed by atoms with Crippen molar-refractivity contribution in [2.45, 2.75) is 32.0 Å². The van der Waals surface area contributed by atoms with Gasteiger partial charge in [0.2, 0.25) is 5.91 Å². The SMILES string of the molecule is CC[C@@](C)(NCC(=O)Nc1cc(C(=O)OC)cc(C(=O)OC)c1)C(F)(F)F. The van der Waals surface area contributed by atoms with Crippen LogP contribution in [0.2, 0.25) is 0 Å². The van der Waals surface area contributed by atoms with Crippen LogP contribution in [0, 0.1) is 0 Å². The van der Waals surface area contributed by atoms with E-state index in [4.69, 9.17) is 0 Å². The Morgan fingerprint density at radius 2 is 1.48 bits per heavy atom. The minimum Gasteiger partial charge on any atom is -0.465 e. The molecule has 1 amide bonds. The Morgan fingerprint density at radius 3 is 1.85 bits per heavy atom. The topological polar surface area (TPSA) is 93.7 Å². The normalized spacial score (nSPS) is 13.4. The number of alkyl halides is 3. The van der Waals surface area contributed by atoms with Crippen LogP contribution in [0.15, 0.2) is 18.2 Å². The smallest absolute Gasteiger partial charge is 0.406 e. The molecule has 0 aliphatic carbocycles. The Balaban J connectivity index is 2.98. The minimum absolute atomic E-state index is 0.0302. The van der Waals surface area contributed by atoms with E-state index in [1.54, 1.807) is 0 Å². The van der Waals surface area contributed by atoms with Gasteiger partial charge in [0.1, 0.15) is 5.54 Å². The molecular formula is C17H21F3N2O5. The number of nitrogens with one attached hydrogen (secondary N) is 2. The molecule has 0 unspecified atom stereocenters. The molecule has 0 heterocycles. The summed E-state index contributed by atoms with van der Waals surface area (Å²) in [6.45, 7) is 1.67. The highest BCUT2D eigenvalue weighted by atomic mass is 19.4. The number of carbonyl (C=O) groups is 3. The standard InChI is InChI=1S/C17H21F3N2O5/c1-5-16(2,17(18,19)20)21-9-13(23)22-12-7-10(14(24)26-3)6-11(8-12)15(25)27-4/h6-8,21H,5,9H2,1-4H3,(H,22,23)/t16-/m1/s1. The van der Waals surface area contributed by atoms with Crippen molar-refractivity contribution in [3.63, 3.8) is 0 Å². The summed E-state index contributed by atoms with van der Waals surface area (Å²) in [6.07, 6.45) is -4.81. The molecule has 2 N–H and O–H groups in total. The van der Waals surface area contributed by atoms with E-state index in [9.17, 15) is 27.6 Å². The van der Waals surface area contributed by atoms with Crippen molar-refractivity contribution in [1.82, 2.24) is 5.32 Å². The second-order valence-electron chi connectivity index (χ2n) is 5.87. The number of halogens is 3. The summed E-state index contributed by atoms with van der Waals surface area (Å²) >= 11 is 0. The van der Waals surface area contributed by atoms with Gasteiger partial charge in [-0.05, 0) is 31.5 Å². The average Bonchev–Trinajstić information content (AvgIpc) is 2.63. The number of benzene rings is 1. The van der Waals surface area contributed by atoms with Gasteiger partial charge in [-0.15, -0.1) is 0 Å². The van der Waals surface area contributed by atoms with Crippen molar-refractivity contribution in [2.24, 2.45) is 0 Å². The Kier molecular flexibility index (Phi) is 7.35. The van der Waals surface area contributed by atoms with Crippen LogP contribution in [0.3, 0.4) is 0 Å². The number of carbonyl (C=O) groups excluding carboxylic acids is 3. The van der Waals surface area contributed by atoms with Gasteiger partial charge < -0.3 is 14.8 Å². The van der Waals surface area contributed by atoms with Crippen molar-refractivity contribution >= 4 is 23.5 Å². The van der Waals surface area contributed by atoms with E-state index in [1.807, 2.05) is 0 Å². The first kappa shape index (κ1) is 22.4. The second kappa shape index (κ2) is 8.85. The molecule has 0 saturated heterocycles. The Morgan fingerprint density at radius 1 is 1.00 bits per heavy atom. The summed E-state index contributed by atoms with van der Waals surface area (Å²) in [7, 11) is 2.27. The summed E-state index contributed by atoms with van der Waals surface area (Å²) in [4.78, 5) is 35.4. The number of anilines is 1. The van der Waals surface area contributed by atoms with Crippen LogP contribution in [0.5, 0.6) is 0 Å². The summed E-state index contributed by atoms with van der Waals surface area (Å²) < 4.78 is 48.3. The fourth-order valence-corrected chi connectivity index (χ4v) is 2.08. The lowest BCUT2D eigenvalue weighted by Crippen LogP contribution is -2.55. The zero-order valence-electron chi connectivity index (χ0n) is 15.3. The maximum Gasteiger partial charge on any atom is 0.406 e. The fraction of sp³-hybridized carbons (Fsp3) is 0.471. The minimum atomic E-state index is -4.54. The molecule has 0 radical (unpaired) electrons. The van der Waals surface area contributed by atoms with Gasteiger partial charge in [-0.1, -0.05) is 6.92 Å². The first-order chi connectivity index (χ1) is 12.5. The van der Waals surface area contributed by atoms with Crippen LogP contribution in [0.4, 0.5) is 18.9 Å². The number of rotatable bonds is 7. The zero-order chi connectivity index (χ0) is 20.8. The quantitative estimate of drug-likeness (QED) is 0.695. The van der Waals surface area contributed by atoms with Crippen LogP contribution < -0.4 is 10.6 Å². The molecule has 27 heavy (non-hydrogen) atoms. The van der Waals surface area contributed by atoms with Crippen molar-refractivity contribution in [3.05, 3.63) is 29.3 Å². The van der Waals surface area contributed by atoms with E-state index >= 15 is 0 Å². The van der Waals surface area contributed by atoms with Gasteiger partial charge in [0.15, 0.2) is 0 Å². The first-order valence-electron chi connectivity index (χ1n) is 7.90. The van der Waals surface area contributed by atoms with Crippen LogP contribution in [-0.2, 0) is 14.3 Å². The van der Waals surface area contributed by atoms with Crippen molar-refractivity contribution in [3.8, 4) is 0 Å². The Labute approximate surface area is 154 Å². The molecular weight excluding hydrogens is 369 g/mol. The van der Waals surface area contributed by atoms with E-state index in [-0.39, 0.29) is 23.2 Å². The largest absolute Gasteiger partial charge is 0.465 e. The van der Waals surface area contributed by atoms with Crippen molar-refractivity contribution in [1.29, 1.82) is 0 Å². The van der Waals surface area contributed by atoms with Gasteiger partial charge in [0, 0.05) is 5.69 Å². The number of amides is 1. The highest BCUT2D eigenvalue weighted by Crippen LogP contribution is 2.32. The van der Waals surface area contributed by atoms with E-state index < -0.39 is 36.1 Å². The molecule has 0 aliphatic heterocycles. The Hall–Kier alpha value is -2.62. The highest BCUT2D eigenvalue weighted by Gasteiger charge is 2.49. The highest BCUT2D eigenvalue weighted by molar-refractivity contribution is 5.99. The van der Waals surface area contributed by atoms with E-state index in [1.165, 1.54) is 25.1 Å². The van der Waals surface area contributed by atoms with Gasteiger partial charge in [-0.3, -0.25) is 10.1 Å². The van der Waals surface area contributed by atoms with Crippen LogP contribution in [0.1, 0.15) is 41.0 Å². The van der Waals surface area contributed by atoms with Crippen molar-refractivity contribution in [2.75, 3.05) is 26.1 Å². The van der Waals surface area contributed by atoms with E-state index in [2.05, 4.69) is 20.1 Å². The summed E-state index contributed by atoms with van der Waals surface area (Å²) in [5, 5.41) is 4.53. The van der Waals surface area contributed by atoms with Crippen LogP contribution in [0.25, 0.3) is 0 Å². The second-order valence-corrected chi connectivity index (χ2v) is 5.87. The maximum absolute atomic E-state index is 13.0. The van der Waals surface area contributed by atoms with Gasteiger partial charge in [-0.2, -0.15) is 13.2 Å². The predicted octanol–water partition coefficient (Wildman–Crippen LogP) is 2.52. The molecule has 0 aliphatic rings. The van der Waals surface area contributed by atoms with Gasteiger partial charge in [0.05, 0.1) is 31.9 Å². The lowest BCUT2D eigenvalue weighted by atomic mass is 9.98. The third-order valence-corrected chi connectivity index (χ3v) is 4.03. The van der Waals surface area contributed by atoms with Crippen molar-refractivity contribution < 1.29 is 37.0 Å². The number of methoxy groups -OCH3 is 2. The van der Waals surface area contributed by atoms with Gasteiger partial charge in [0.25, 0.3) is 0 Å². The molecule has 1 aromatic rings. The number of hydrogen-bond donors (Lipinski definition) is 2. The summed E-state index contributed by atoms with van der Waals surface area (Å²) in [5.74, 6) is -2.30. The molecule has 1 atom stereocenters. The number of esters is 2. The maximum atomic E-state index is 13.0. The molecule has 0 aromatic heterocycles. The van der Waals surface area contributed by atoms with Crippen LogP contribution >= 0.6 is 0 Å². The lowest BCUT2D eigenvalue weighted by molar-refractivity contribution is -0.192. The summed E-state index contributed by atoms with van der Waals surface area (Å²) in [5.41, 5.74) is -2.25. The lowest BCUT2D eigenvalue weighted by Gasteiger charge is -2.31. The zero-order valence-corrected chi connectivity index (χ0v) is 15.3. The number of ether oxygens (including phenoxy) is 2. The molecule has 0 spiro atoms. The molecule has 0 bridgehead atoms. The number of hydrogen-bond acceptors (Lipinski definition) is 6. The van der Waals surface area contributed by atoms with E-state index in [0.29, 0.717) is 0 Å². The molecule has 0 saturated carbocycles.